The third kappa shape index (κ3) is 3.81. The summed E-state index contributed by atoms with van der Waals surface area (Å²) >= 11 is 0. The fraction of sp³-hybridized carbons (Fsp3) is 0.571. The van der Waals surface area contributed by atoms with Gasteiger partial charge in [0.2, 0.25) is 0 Å². The van der Waals surface area contributed by atoms with E-state index in [4.69, 9.17) is 16.2 Å². The fourth-order valence-corrected chi connectivity index (χ4v) is 2.38. The maximum Gasteiger partial charge on any atom is 0.121 e. The van der Waals surface area contributed by atoms with Crippen LogP contribution in [0.15, 0.2) is 18.2 Å². The Morgan fingerprint density at radius 3 is 2.67 bits per heavy atom. The van der Waals surface area contributed by atoms with E-state index >= 15 is 0 Å². The average Bonchev–Trinajstić information content (AvgIpc) is 2.40. The molecule has 1 saturated heterocycles. The largest absolute Gasteiger partial charge is 0.494 e. The van der Waals surface area contributed by atoms with Crippen LogP contribution in [-0.4, -0.2) is 19.7 Å². The van der Waals surface area contributed by atoms with E-state index in [1.165, 1.54) is 32.4 Å². The lowest BCUT2D eigenvalue weighted by Crippen LogP contribution is -2.27. The van der Waals surface area contributed by atoms with E-state index in [9.17, 15) is 0 Å². The van der Waals surface area contributed by atoms with Crippen molar-refractivity contribution in [3.63, 3.8) is 0 Å². The quantitative estimate of drug-likeness (QED) is 0.551. The van der Waals surface area contributed by atoms with Gasteiger partial charge < -0.3 is 21.5 Å². The Bertz CT molecular complexity index is 375. The van der Waals surface area contributed by atoms with Crippen LogP contribution < -0.4 is 21.5 Å². The van der Waals surface area contributed by atoms with Gasteiger partial charge >= 0.3 is 0 Å². The second kappa shape index (κ2) is 6.50. The van der Waals surface area contributed by atoms with Gasteiger partial charge in [0.05, 0.1) is 18.0 Å². The molecule has 0 aromatic heterocycles. The van der Waals surface area contributed by atoms with Crippen LogP contribution in [-0.2, 0) is 0 Å². The highest BCUT2D eigenvalue weighted by molar-refractivity contribution is 5.65. The van der Waals surface area contributed by atoms with Gasteiger partial charge in [-0.1, -0.05) is 0 Å². The predicted octanol–water partition coefficient (Wildman–Crippen LogP) is 2.01. The zero-order chi connectivity index (χ0) is 12.8. The number of nitrogen functional groups attached to an aromatic ring is 2. The lowest BCUT2D eigenvalue weighted by atomic mass is 9.93. The van der Waals surface area contributed by atoms with Crippen molar-refractivity contribution in [2.24, 2.45) is 5.92 Å². The van der Waals surface area contributed by atoms with Gasteiger partial charge in [0.25, 0.3) is 0 Å². The van der Waals surface area contributed by atoms with Gasteiger partial charge in [-0.15, -0.1) is 0 Å². The molecule has 0 amide bonds. The molecule has 1 aliphatic heterocycles. The molecule has 0 unspecified atom stereocenters. The van der Waals surface area contributed by atoms with Crippen molar-refractivity contribution in [1.82, 2.24) is 5.32 Å². The Hall–Kier alpha value is -1.42. The Morgan fingerprint density at radius 2 is 1.94 bits per heavy atom. The van der Waals surface area contributed by atoms with Crippen LogP contribution in [0.5, 0.6) is 5.75 Å². The molecule has 4 nitrogen and oxygen atoms in total. The molecule has 1 aromatic carbocycles. The molecule has 100 valence electrons. The summed E-state index contributed by atoms with van der Waals surface area (Å²) in [4.78, 5) is 0. The minimum Gasteiger partial charge on any atom is -0.494 e. The summed E-state index contributed by atoms with van der Waals surface area (Å²) in [6, 6.07) is 5.45. The van der Waals surface area contributed by atoms with Crippen molar-refractivity contribution in [1.29, 1.82) is 0 Å². The maximum absolute atomic E-state index is 5.73. The summed E-state index contributed by atoms with van der Waals surface area (Å²) < 4.78 is 5.68. The van der Waals surface area contributed by atoms with Crippen LogP contribution in [0.1, 0.15) is 25.7 Å². The van der Waals surface area contributed by atoms with Crippen LogP contribution in [0.4, 0.5) is 11.4 Å². The number of benzene rings is 1. The van der Waals surface area contributed by atoms with E-state index in [1.54, 1.807) is 12.1 Å². The minimum atomic E-state index is 0.589. The fourth-order valence-electron chi connectivity index (χ4n) is 2.38. The Morgan fingerprint density at radius 1 is 1.17 bits per heavy atom. The Balaban J connectivity index is 1.66. The molecule has 18 heavy (non-hydrogen) atoms. The van der Waals surface area contributed by atoms with Gasteiger partial charge in [-0.3, -0.25) is 0 Å². The topological polar surface area (TPSA) is 73.3 Å². The van der Waals surface area contributed by atoms with Crippen molar-refractivity contribution in [3.8, 4) is 5.75 Å². The first-order chi connectivity index (χ1) is 8.75. The van der Waals surface area contributed by atoms with E-state index in [2.05, 4.69) is 5.32 Å². The van der Waals surface area contributed by atoms with Gasteiger partial charge in [-0.2, -0.15) is 0 Å². The number of hydrogen-bond donors (Lipinski definition) is 3. The van der Waals surface area contributed by atoms with Crippen molar-refractivity contribution in [2.45, 2.75) is 25.7 Å². The number of hydrogen-bond acceptors (Lipinski definition) is 4. The highest BCUT2D eigenvalue weighted by Gasteiger charge is 2.12. The van der Waals surface area contributed by atoms with Crippen LogP contribution in [0.3, 0.4) is 0 Å². The van der Waals surface area contributed by atoms with E-state index in [1.807, 2.05) is 6.07 Å². The summed E-state index contributed by atoms with van der Waals surface area (Å²) in [5.74, 6) is 1.68. The molecule has 0 spiro atoms. The molecule has 0 radical (unpaired) electrons. The molecule has 0 aliphatic carbocycles. The Labute approximate surface area is 109 Å². The molecule has 1 aliphatic rings. The first-order valence-electron chi connectivity index (χ1n) is 6.74. The lowest BCUT2D eigenvalue weighted by Gasteiger charge is -2.22. The summed E-state index contributed by atoms with van der Waals surface area (Å²) in [6.45, 7) is 3.09. The van der Waals surface area contributed by atoms with Crippen molar-refractivity contribution in [3.05, 3.63) is 18.2 Å². The van der Waals surface area contributed by atoms with Crippen LogP contribution in [0.2, 0.25) is 0 Å². The summed E-state index contributed by atoms with van der Waals surface area (Å²) in [5.41, 5.74) is 12.6. The smallest absolute Gasteiger partial charge is 0.121 e. The van der Waals surface area contributed by atoms with E-state index in [-0.39, 0.29) is 0 Å². The molecule has 4 heteroatoms. The molecule has 1 fully saturated rings. The predicted molar refractivity (Wildman–Crippen MR) is 75.6 cm³/mol. The van der Waals surface area contributed by atoms with Gasteiger partial charge in [0, 0.05) is 6.07 Å². The molecular formula is C14H23N3O. The molecule has 1 heterocycles. The number of anilines is 2. The number of rotatable bonds is 5. The molecule has 0 saturated carbocycles. The van der Waals surface area contributed by atoms with E-state index in [0.29, 0.717) is 11.4 Å². The molecule has 0 atom stereocenters. The standard InChI is InChI=1S/C14H23N3O/c15-13-4-3-12(10-14(13)16)18-9-1-2-11-5-7-17-8-6-11/h3-4,10-11,17H,1-2,5-9,15-16H2. The molecule has 0 bridgehead atoms. The van der Waals surface area contributed by atoms with Crippen molar-refractivity contribution in [2.75, 3.05) is 31.2 Å². The number of piperidine rings is 1. The van der Waals surface area contributed by atoms with Gasteiger partial charge in [-0.25, -0.2) is 0 Å². The third-order valence-corrected chi connectivity index (χ3v) is 3.54. The van der Waals surface area contributed by atoms with Gasteiger partial charge in [-0.05, 0) is 56.8 Å². The van der Waals surface area contributed by atoms with E-state index in [0.717, 1.165) is 24.7 Å². The number of nitrogens with one attached hydrogen (secondary N) is 1. The second-order valence-electron chi connectivity index (χ2n) is 4.97. The zero-order valence-corrected chi connectivity index (χ0v) is 10.8. The Kier molecular flexibility index (Phi) is 4.70. The van der Waals surface area contributed by atoms with Crippen LogP contribution in [0.25, 0.3) is 0 Å². The summed E-state index contributed by atoms with van der Waals surface area (Å²) in [6.07, 6.45) is 4.96. The molecule has 5 N–H and O–H groups in total. The van der Waals surface area contributed by atoms with Gasteiger partial charge in [0.1, 0.15) is 5.75 Å². The normalized spacial score (nSPS) is 16.7. The summed E-state index contributed by atoms with van der Waals surface area (Å²) in [5, 5.41) is 3.39. The zero-order valence-electron chi connectivity index (χ0n) is 10.8. The lowest BCUT2D eigenvalue weighted by molar-refractivity contribution is 0.274. The first-order valence-corrected chi connectivity index (χ1v) is 6.74. The summed E-state index contributed by atoms with van der Waals surface area (Å²) in [7, 11) is 0. The minimum absolute atomic E-state index is 0.589. The highest BCUT2D eigenvalue weighted by Crippen LogP contribution is 2.22. The van der Waals surface area contributed by atoms with Crippen LogP contribution >= 0.6 is 0 Å². The molecule has 2 rings (SSSR count). The van der Waals surface area contributed by atoms with Crippen LogP contribution in [0, 0.1) is 5.92 Å². The molecule has 1 aromatic rings. The van der Waals surface area contributed by atoms with Gasteiger partial charge in [0.15, 0.2) is 0 Å². The highest BCUT2D eigenvalue weighted by atomic mass is 16.5. The average molecular weight is 249 g/mol. The second-order valence-corrected chi connectivity index (χ2v) is 4.97. The SMILES string of the molecule is Nc1ccc(OCCCC2CCNCC2)cc1N. The third-order valence-electron chi connectivity index (χ3n) is 3.54. The van der Waals surface area contributed by atoms with E-state index < -0.39 is 0 Å². The van der Waals surface area contributed by atoms with Crippen molar-refractivity contribution >= 4 is 11.4 Å². The van der Waals surface area contributed by atoms with Crippen molar-refractivity contribution < 1.29 is 4.74 Å². The maximum atomic E-state index is 5.73. The molecular weight excluding hydrogens is 226 g/mol. The number of ether oxygens (including phenoxy) is 1. The number of nitrogens with two attached hydrogens (primary N) is 2. The first kappa shape index (κ1) is 13.0. The monoisotopic (exact) mass is 249 g/mol.